The molecule has 2 aromatic carbocycles. The van der Waals surface area contributed by atoms with E-state index in [-0.39, 0.29) is 0 Å². The second-order valence-electron chi connectivity index (χ2n) is 4.42. The van der Waals surface area contributed by atoms with Gasteiger partial charge in [-0.15, -0.1) is 0 Å². The summed E-state index contributed by atoms with van der Waals surface area (Å²) in [6.45, 7) is 0. The first kappa shape index (κ1) is 15.9. The Morgan fingerprint density at radius 2 is 1.64 bits per heavy atom. The first-order valence-corrected chi connectivity index (χ1v) is 7.00. The molecular formula is C17H17ClN2O2. The normalized spacial score (nSPS) is 11.7. The van der Waals surface area contributed by atoms with Crippen LogP contribution in [0.3, 0.4) is 0 Å². The fraction of sp³-hybridized carbons (Fsp3) is 0.118. The van der Waals surface area contributed by atoms with Crippen molar-refractivity contribution in [1.29, 1.82) is 0 Å². The second-order valence-corrected chi connectivity index (χ2v) is 4.86. The molecule has 4 nitrogen and oxygen atoms in total. The van der Waals surface area contributed by atoms with Gasteiger partial charge in [-0.1, -0.05) is 17.7 Å². The van der Waals surface area contributed by atoms with E-state index < -0.39 is 0 Å². The molecule has 2 rings (SSSR count). The fourth-order valence-corrected chi connectivity index (χ4v) is 2.04. The summed E-state index contributed by atoms with van der Waals surface area (Å²) in [6.07, 6.45) is 3.52. The molecule has 2 aromatic rings. The van der Waals surface area contributed by atoms with Crippen molar-refractivity contribution < 1.29 is 9.47 Å². The van der Waals surface area contributed by atoms with Crippen molar-refractivity contribution in [2.75, 3.05) is 14.2 Å². The highest BCUT2D eigenvalue weighted by Crippen LogP contribution is 2.29. The van der Waals surface area contributed by atoms with E-state index in [1.54, 1.807) is 44.6 Å². The van der Waals surface area contributed by atoms with Crippen molar-refractivity contribution in [3.05, 3.63) is 59.1 Å². The lowest BCUT2D eigenvalue weighted by atomic mass is 10.1. The highest BCUT2D eigenvalue weighted by Gasteiger charge is 2.06. The first-order chi connectivity index (χ1) is 10.6. The molecule has 0 bridgehead atoms. The molecule has 0 fully saturated rings. The highest BCUT2D eigenvalue weighted by atomic mass is 35.5. The molecule has 0 amide bonds. The van der Waals surface area contributed by atoms with Crippen LogP contribution in [0.4, 0.5) is 5.69 Å². The first-order valence-electron chi connectivity index (χ1n) is 6.63. The van der Waals surface area contributed by atoms with Crippen LogP contribution < -0.4 is 15.2 Å². The van der Waals surface area contributed by atoms with Crippen molar-refractivity contribution in [3.8, 4) is 11.5 Å². The lowest BCUT2D eigenvalue weighted by molar-refractivity contribution is 0.392. The zero-order chi connectivity index (χ0) is 15.9. The monoisotopic (exact) mass is 316 g/mol. The average molecular weight is 317 g/mol. The zero-order valence-electron chi connectivity index (χ0n) is 12.4. The SMILES string of the molecule is COc1cccc(OC)c1C=CC(N)=Nc1ccc(Cl)cc1. The van der Waals surface area contributed by atoms with E-state index in [1.807, 2.05) is 24.3 Å². The maximum Gasteiger partial charge on any atom is 0.129 e. The van der Waals surface area contributed by atoms with Gasteiger partial charge in [0.15, 0.2) is 0 Å². The molecule has 0 saturated carbocycles. The highest BCUT2D eigenvalue weighted by molar-refractivity contribution is 6.30. The predicted molar refractivity (Wildman–Crippen MR) is 91.3 cm³/mol. The lowest BCUT2D eigenvalue weighted by Gasteiger charge is -2.09. The van der Waals surface area contributed by atoms with E-state index in [4.69, 9.17) is 26.8 Å². The van der Waals surface area contributed by atoms with Crippen LogP contribution >= 0.6 is 11.6 Å². The summed E-state index contributed by atoms with van der Waals surface area (Å²) in [4.78, 5) is 4.29. The Labute approximate surface area is 134 Å². The molecule has 0 saturated heterocycles. The number of halogens is 1. The van der Waals surface area contributed by atoms with E-state index in [2.05, 4.69) is 4.99 Å². The van der Waals surface area contributed by atoms with E-state index in [9.17, 15) is 0 Å². The third-order valence-electron chi connectivity index (χ3n) is 2.97. The zero-order valence-corrected chi connectivity index (χ0v) is 13.2. The van der Waals surface area contributed by atoms with Gasteiger partial charge >= 0.3 is 0 Å². The molecule has 0 radical (unpaired) electrons. The van der Waals surface area contributed by atoms with Gasteiger partial charge < -0.3 is 15.2 Å². The topological polar surface area (TPSA) is 56.8 Å². The summed E-state index contributed by atoms with van der Waals surface area (Å²) in [6, 6.07) is 12.7. The Morgan fingerprint density at radius 1 is 1.05 bits per heavy atom. The van der Waals surface area contributed by atoms with Gasteiger partial charge in [0.1, 0.15) is 17.3 Å². The third kappa shape index (κ3) is 4.02. The van der Waals surface area contributed by atoms with Crippen molar-refractivity contribution in [2.45, 2.75) is 0 Å². The molecule has 114 valence electrons. The largest absolute Gasteiger partial charge is 0.496 e. The van der Waals surface area contributed by atoms with Gasteiger partial charge in [0.2, 0.25) is 0 Å². The summed E-state index contributed by atoms with van der Waals surface area (Å²) >= 11 is 5.83. The van der Waals surface area contributed by atoms with E-state index in [0.717, 1.165) is 11.3 Å². The minimum absolute atomic E-state index is 0.371. The molecule has 0 unspecified atom stereocenters. The fourth-order valence-electron chi connectivity index (χ4n) is 1.91. The molecule has 0 heterocycles. The van der Waals surface area contributed by atoms with Crippen LogP contribution in [-0.2, 0) is 0 Å². The van der Waals surface area contributed by atoms with Crippen molar-refractivity contribution >= 4 is 29.2 Å². The van der Waals surface area contributed by atoms with Crippen LogP contribution in [0.1, 0.15) is 5.56 Å². The minimum atomic E-state index is 0.371. The summed E-state index contributed by atoms with van der Waals surface area (Å²) in [5, 5.41) is 0.659. The quantitative estimate of drug-likeness (QED) is 0.668. The van der Waals surface area contributed by atoms with Crippen molar-refractivity contribution in [3.63, 3.8) is 0 Å². The molecular weight excluding hydrogens is 300 g/mol. The van der Waals surface area contributed by atoms with Gasteiger partial charge in [-0.3, -0.25) is 0 Å². The smallest absolute Gasteiger partial charge is 0.129 e. The van der Waals surface area contributed by atoms with E-state index >= 15 is 0 Å². The van der Waals surface area contributed by atoms with Gasteiger partial charge in [0.25, 0.3) is 0 Å². The standard InChI is InChI=1S/C17H17ClN2O2/c1-21-15-4-3-5-16(22-2)14(15)10-11-17(19)20-13-8-6-12(18)7-9-13/h3-11H,1-2H3,(H2,19,20). The van der Waals surface area contributed by atoms with Crippen molar-refractivity contribution in [2.24, 2.45) is 10.7 Å². The number of methoxy groups -OCH3 is 2. The number of nitrogens with zero attached hydrogens (tertiary/aromatic N) is 1. The molecule has 5 heteroatoms. The number of amidine groups is 1. The number of benzene rings is 2. The summed E-state index contributed by atoms with van der Waals surface area (Å²) in [5.41, 5.74) is 7.47. The maximum atomic E-state index is 5.92. The Hall–Kier alpha value is -2.46. The van der Waals surface area contributed by atoms with Crippen LogP contribution in [0.15, 0.2) is 53.5 Å². The third-order valence-corrected chi connectivity index (χ3v) is 3.22. The van der Waals surface area contributed by atoms with Gasteiger partial charge in [0.05, 0.1) is 25.5 Å². The molecule has 0 aliphatic heterocycles. The Morgan fingerprint density at radius 3 is 2.18 bits per heavy atom. The van der Waals surface area contributed by atoms with Crippen LogP contribution in [0.25, 0.3) is 6.08 Å². The molecule has 0 aliphatic rings. The van der Waals surface area contributed by atoms with Gasteiger partial charge in [-0.05, 0) is 48.6 Å². The molecule has 0 spiro atoms. The van der Waals surface area contributed by atoms with Crippen LogP contribution in [0, 0.1) is 0 Å². The lowest BCUT2D eigenvalue weighted by Crippen LogP contribution is -2.06. The number of ether oxygens (including phenoxy) is 2. The molecule has 22 heavy (non-hydrogen) atoms. The Balaban J connectivity index is 2.26. The van der Waals surface area contributed by atoms with E-state index in [0.29, 0.717) is 22.4 Å². The van der Waals surface area contributed by atoms with Gasteiger partial charge in [0, 0.05) is 5.02 Å². The number of rotatable bonds is 5. The average Bonchev–Trinajstić information content (AvgIpc) is 2.54. The second kappa shape index (κ2) is 7.52. The van der Waals surface area contributed by atoms with E-state index in [1.165, 1.54) is 0 Å². The number of nitrogens with two attached hydrogens (primary N) is 1. The van der Waals surface area contributed by atoms with Crippen LogP contribution in [0.5, 0.6) is 11.5 Å². The number of hydrogen-bond acceptors (Lipinski definition) is 3. The maximum absolute atomic E-state index is 5.92. The van der Waals surface area contributed by atoms with Gasteiger partial charge in [-0.25, -0.2) is 4.99 Å². The molecule has 0 aliphatic carbocycles. The minimum Gasteiger partial charge on any atom is -0.496 e. The number of hydrogen-bond donors (Lipinski definition) is 1. The van der Waals surface area contributed by atoms with Crippen LogP contribution in [-0.4, -0.2) is 20.1 Å². The van der Waals surface area contributed by atoms with Crippen LogP contribution in [0.2, 0.25) is 5.02 Å². The summed E-state index contributed by atoms with van der Waals surface area (Å²) in [5.74, 6) is 1.78. The summed E-state index contributed by atoms with van der Waals surface area (Å²) in [7, 11) is 3.22. The molecule has 0 aromatic heterocycles. The van der Waals surface area contributed by atoms with Crippen molar-refractivity contribution in [1.82, 2.24) is 0 Å². The van der Waals surface area contributed by atoms with Gasteiger partial charge in [-0.2, -0.15) is 0 Å². The Kier molecular flexibility index (Phi) is 5.44. The Bertz CT molecular complexity index is 672. The summed E-state index contributed by atoms with van der Waals surface area (Å²) < 4.78 is 10.6. The predicted octanol–water partition coefficient (Wildman–Crippen LogP) is 4.06. The molecule has 2 N–H and O–H groups in total. The number of aliphatic imine (C=N–C) groups is 1. The molecule has 0 atom stereocenters.